The molecule has 0 saturated carbocycles. The van der Waals surface area contributed by atoms with Gasteiger partial charge in [-0.1, -0.05) is 27.2 Å². The SMILES string of the molecule is CCCNc1nccc(NCC(C)CC)n1. The van der Waals surface area contributed by atoms with E-state index in [0.717, 1.165) is 25.3 Å². The molecule has 1 rings (SSSR count). The van der Waals surface area contributed by atoms with Crippen molar-refractivity contribution in [2.24, 2.45) is 5.92 Å². The summed E-state index contributed by atoms with van der Waals surface area (Å²) in [5.74, 6) is 2.27. The van der Waals surface area contributed by atoms with E-state index in [9.17, 15) is 0 Å². The fourth-order valence-electron chi connectivity index (χ4n) is 1.20. The predicted molar refractivity (Wildman–Crippen MR) is 68.8 cm³/mol. The third-order valence-electron chi connectivity index (χ3n) is 2.52. The lowest BCUT2D eigenvalue weighted by Gasteiger charge is -2.11. The molecule has 1 atom stereocenters. The monoisotopic (exact) mass is 222 g/mol. The van der Waals surface area contributed by atoms with Gasteiger partial charge in [0, 0.05) is 19.3 Å². The maximum atomic E-state index is 4.38. The van der Waals surface area contributed by atoms with Gasteiger partial charge >= 0.3 is 0 Å². The van der Waals surface area contributed by atoms with E-state index in [1.54, 1.807) is 6.20 Å². The first-order valence-corrected chi connectivity index (χ1v) is 6.07. The maximum Gasteiger partial charge on any atom is 0.224 e. The van der Waals surface area contributed by atoms with E-state index in [0.29, 0.717) is 11.9 Å². The lowest BCUT2D eigenvalue weighted by atomic mass is 10.1. The van der Waals surface area contributed by atoms with E-state index in [1.165, 1.54) is 6.42 Å². The number of nitrogens with one attached hydrogen (secondary N) is 2. The number of anilines is 2. The summed E-state index contributed by atoms with van der Waals surface area (Å²) >= 11 is 0. The third kappa shape index (κ3) is 4.47. The first-order valence-electron chi connectivity index (χ1n) is 6.07. The van der Waals surface area contributed by atoms with Crippen LogP contribution in [0.1, 0.15) is 33.6 Å². The molecule has 1 aromatic heterocycles. The Labute approximate surface area is 97.9 Å². The van der Waals surface area contributed by atoms with Gasteiger partial charge in [-0.3, -0.25) is 0 Å². The van der Waals surface area contributed by atoms with Crippen LogP contribution in [0.5, 0.6) is 0 Å². The molecule has 0 radical (unpaired) electrons. The fraction of sp³-hybridized carbons (Fsp3) is 0.667. The Hall–Kier alpha value is -1.32. The van der Waals surface area contributed by atoms with Crippen molar-refractivity contribution in [1.82, 2.24) is 9.97 Å². The van der Waals surface area contributed by atoms with Crippen LogP contribution in [-0.4, -0.2) is 23.1 Å². The molecule has 0 spiro atoms. The first-order chi connectivity index (χ1) is 7.76. The molecule has 0 aromatic carbocycles. The van der Waals surface area contributed by atoms with E-state index >= 15 is 0 Å². The largest absolute Gasteiger partial charge is 0.370 e. The molecular weight excluding hydrogens is 200 g/mol. The summed E-state index contributed by atoms with van der Waals surface area (Å²) in [6.07, 6.45) is 4.04. The van der Waals surface area contributed by atoms with Crippen LogP contribution in [0.15, 0.2) is 12.3 Å². The second-order valence-corrected chi connectivity index (χ2v) is 4.09. The van der Waals surface area contributed by atoms with E-state index in [-0.39, 0.29) is 0 Å². The van der Waals surface area contributed by atoms with Crippen LogP contribution in [0.25, 0.3) is 0 Å². The minimum Gasteiger partial charge on any atom is -0.370 e. The van der Waals surface area contributed by atoms with Gasteiger partial charge in [-0.05, 0) is 18.4 Å². The van der Waals surface area contributed by atoms with Crippen LogP contribution in [-0.2, 0) is 0 Å². The van der Waals surface area contributed by atoms with E-state index < -0.39 is 0 Å². The van der Waals surface area contributed by atoms with Crippen molar-refractivity contribution in [2.45, 2.75) is 33.6 Å². The Morgan fingerprint density at radius 2 is 2.12 bits per heavy atom. The summed E-state index contributed by atoms with van der Waals surface area (Å²) in [7, 11) is 0. The third-order valence-corrected chi connectivity index (χ3v) is 2.52. The van der Waals surface area contributed by atoms with Crippen molar-refractivity contribution in [3.05, 3.63) is 12.3 Å². The smallest absolute Gasteiger partial charge is 0.224 e. The Balaban J connectivity index is 2.46. The molecule has 4 nitrogen and oxygen atoms in total. The highest BCUT2D eigenvalue weighted by molar-refractivity contribution is 5.39. The van der Waals surface area contributed by atoms with Crippen LogP contribution >= 0.6 is 0 Å². The minimum atomic E-state index is 0.669. The van der Waals surface area contributed by atoms with E-state index in [4.69, 9.17) is 0 Å². The zero-order valence-corrected chi connectivity index (χ0v) is 10.5. The Kier molecular flexibility index (Phi) is 5.61. The van der Waals surface area contributed by atoms with Gasteiger partial charge < -0.3 is 10.6 Å². The molecule has 2 N–H and O–H groups in total. The minimum absolute atomic E-state index is 0.669. The molecule has 1 aromatic rings. The lowest BCUT2D eigenvalue weighted by molar-refractivity contribution is 0.592. The first kappa shape index (κ1) is 12.7. The van der Waals surface area contributed by atoms with Crippen molar-refractivity contribution in [3.63, 3.8) is 0 Å². The van der Waals surface area contributed by atoms with Gasteiger partial charge in [0.1, 0.15) is 5.82 Å². The topological polar surface area (TPSA) is 49.8 Å². The molecule has 0 aliphatic rings. The van der Waals surface area contributed by atoms with Crippen LogP contribution in [0, 0.1) is 5.92 Å². The molecule has 4 heteroatoms. The van der Waals surface area contributed by atoms with Crippen molar-refractivity contribution < 1.29 is 0 Å². The van der Waals surface area contributed by atoms with Gasteiger partial charge in [0.15, 0.2) is 0 Å². The average molecular weight is 222 g/mol. The van der Waals surface area contributed by atoms with E-state index in [2.05, 4.69) is 41.4 Å². The number of hydrogen-bond acceptors (Lipinski definition) is 4. The normalized spacial score (nSPS) is 12.2. The van der Waals surface area contributed by atoms with Gasteiger partial charge in [0.25, 0.3) is 0 Å². The van der Waals surface area contributed by atoms with Gasteiger partial charge in [-0.15, -0.1) is 0 Å². The molecule has 0 aliphatic carbocycles. The summed E-state index contributed by atoms with van der Waals surface area (Å²) in [5, 5.41) is 6.50. The van der Waals surface area contributed by atoms with Crippen molar-refractivity contribution in [1.29, 1.82) is 0 Å². The summed E-state index contributed by atoms with van der Waals surface area (Å²) < 4.78 is 0. The molecular formula is C12H22N4. The van der Waals surface area contributed by atoms with Gasteiger partial charge in [0.05, 0.1) is 0 Å². The lowest BCUT2D eigenvalue weighted by Crippen LogP contribution is -2.12. The van der Waals surface area contributed by atoms with Crippen LogP contribution in [0.4, 0.5) is 11.8 Å². The molecule has 16 heavy (non-hydrogen) atoms. The number of rotatable bonds is 7. The Morgan fingerprint density at radius 3 is 2.81 bits per heavy atom. The van der Waals surface area contributed by atoms with Crippen LogP contribution < -0.4 is 10.6 Å². The highest BCUT2D eigenvalue weighted by atomic mass is 15.1. The zero-order chi connectivity index (χ0) is 11.8. The standard InChI is InChI=1S/C12H22N4/c1-4-7-13-12-14-8-6-11(16-12)15-9-10(3)5-2/h6,8,10H,4-5,7,9H2,1-3H3,(H2,13,14,15,16). The highest BCUT2D eigenvalue weighted by Gasteiger charge is 2.00. The Bertz CT molecular complexity index is 301. The van der Waals surface area contributed by atoms with Gasteiger partial charge in [-0.2, -0.15) is 4.98 Å². The molecule has 1 unspecified atom stereocenters. The maximum absolute atomic E-state index is 4.38. The zero-order valence-electron chi connectivity index (χ0n) is 10.5. The average Bonchev–Trinajstić information content (AvgIpc) is 2.34. The number of aromatic nitrogens is 2. The van der Waals surface area contributed by atoms with E-state index in [1.807, 2.05) is 6.07 Å². The molecule has 0 bridgehead atoms. The molecule has 0 amide bonds. The van der Waals surface area contributed by atoms with Crippen LogP contribution in [0.3, 0.4) is 0 Å². The Morgan fingerprint density at radius 1 is 1.31 bits per heavy atom. The van der Waals surface area contributed by atoms with Crippen LogP contribution in [0.2, 0.25) is 0 Å². The molecule has 1 heterocycles. The fourth-order valence-corrected chi connectivity index (χ4v) is 1.20. The van der Waals surface area contributed by atoms with Gasteiger partial charge in [0.2, 0.25) is 5.95 Å². The molecule has 0 saturated heterocycles. The molecule has 90 valence electrons. The molecule has 0 fully saturated rings. The van der Waals surface area contributed by atoms with Crippen molar-refractivity contribution >= 4 is 11.8 Å². The number of hydrogen-bond donors (Lipinski definition) is 2. The molecule has 0 aliphatic heterocycles. The summed E-state index contributed by atoms with van der Waals surface area (Å²) in [6, 6.07) is 1.90. The summed E-state index contributed by atoms with van der Waals surface area (Å²) in [5.41, 5.74) is 0. The second kappa shape index (κ2) is 7.04. The highest BCUT2D eigenvalue weighted by Crippen LogP contribution is 2.07. The van der Waals surface area contributed by atoms with Crippen molar-refractivity contribution in [3.8, 4) is 0 Å². The quantitative estimate of drug-likeness (QED) is 0.745. The van der Waals surface area contributed by atoms with Gasteiger partial charge in [-0.25, -0.2) is 4.98 Å². The van der Waals surface area contributed by atoms with Crippen molar-refractivity contribution in [2.75, 3.05) is 23.7 Å². The number of nitrogens with zero attached hydrogens (tertiary/aromatic N) is 2. The predicted octanol–water partition coefficient (Wildman–Crippen LogP) is 2.76. The summed E-state index contributed by atoms with van der Waals surface area (Å²) in [4.78, 5) is 8.55. The second-order valence-electron chi connectivity index (χ2n) is 4.09. The summed E-state index contributed by atoms with van der Waals surface area (Å²) in [6.45, 7) is 8.42.